The van der Waals surface area contributed by atoms with Gasteiger partial charge in [-0.25, -0.2) is 13.2 Å². The van der Waals surface area contributed by atoms with E-state index in [4.69, 9.17) is 4.74 Å². The first-order valence-electron chi connectivity index (χ1n) is 7.64. The van der Waals surface area contributed by atoms with Crippen molar-refractivity contribution < 1.29 is 17.9 Å². The predicted octanol–water partition coefficient (Wildman–Crippen LogP) is 2.25. The maximum absolute atomic E-state index is 12.1. The molecule has 1 aromatic carbocycles. The van der Waals surface area contributed by atoms with E-state index in [-0.39, 0.29) is 17.1 Å². The highest BCUT2D eigenvalue weighted by Gasteiger charge is 2.20. The number of carbonyl (C=O) groups excluding carboxylic acids is 1. The number of esters is 1. The molecule has 1 aliphatic rings. The van der Waals surface area contributed by atoms with Gasteiger partial charge >= 0.3 is 5.97 Å². The minimum absolute atomic E-state index is 0.226. The van der Waals surface area contributed by atoms with Crippen molar-refractivity contribution in [2.75, 3.05) is 26.0 Å². The average Bonchev–Trinajstić information content (AvgIpc) is 2.48. The van der Waals surface area contributed by atoms with Crippen molar-refractivity contribution in [1.29, 1.82) is 0 Å². The SMILES string of the molecule is CCOC(=O)c1ccc(CN2CCCCC2)c(S(C)(=O)=O)c1. The van der Waals surface area contributed by atoms with Crippen molar-refractivity contribution in [2.45, 2.75) is 37.6 Å². The lowest BCUT2D eigenvalue weighted by molar-refractivity contribution is 0.0526. The summed E-state index contributed by atoms with van der Waals surface area (Å²) in [5.41, 5.74) is 1.03. The van der Waals surface area contributed by atoms with Gasteiger partial charge in [-0.2, -0.15) is 0 Å². The summed E-state index contributed by atoms with van der Waals surface area (Å²) in [6.45, 7) is 4.57. The Kier molecular flexibility index (Phi) is 5.58. The molecule has 6 heteroatoms. The van der Waals surface area contributed by atoms with Gasteiger partial charge in [0.1, 0.15) is 0 Å². The van der Waals surface area contributed by atoms with Crippen LogP contribution in [0.2, 0.25) is 0 Å². The maximum atomic E-state index is 12.1. The summed E-state index contributed by atoms with van der Waals surface area (Å²) < 4.78 is 29.1. The Hall–Kier alpha value is -1.40. The molecule has 0 aliphatic carbocycles. The van der Waals surface area contributed by atoms with Crippen LogP contribution in [0.25, 0.3) is 0 Å². The molecular formula is C16H23NO4S. The zero-order chi connectivity index (χ0) is 16.2. The van der Waals surface area contributed by atoms with Gasteiger partial charge in [0.15, 0.2) is 9.84 Å². The quantitative estimate of drug-likeness (QED) is 0.777. The van der Waals surface area contributed by atoms with Gasteiger partial charge in [-0.3, -0.25) is 4.90 Å². The Labute approximate surface area is 132 Å². The smallest absolute Gasteiger partial charge is 0.338 e. The minimum Gasteiger partial charge on any atom is -0.462 e. The van der Waals surface area contributed by atoms with Gasteiger partial charge in [0, 0.05) is 12.8 Å². The molecule has 0 saturated carbocycles. The van der Waals surface area contributed by atoms with Crippen molar-refractivity contribution in [3.05, 3.63) is 29.3 Å². The summed E-state index contributed by atoms with van der Waals surface area (Å²) in [6.07, 6.45) is 4.71. The van der Waals surface area contributed by atoms with Crippen molar-refractivity contribution >= 4 is 15.8 Å². The average molecular weight is 325 g/mol. The Morgan fingerprint density at radius 3 is 2.50 bits per heavy atom. The lowest BCUT2D eigenvalue weighted by Gasteiger charge is -2.27. The van der Waals surface area contributed by atoms with E-state index in [1.165, 1.54) is 18.7 Å². The molecule has 1 fully saturated rings. The van der Waals surface area contributed by atoms with Crippen molar-refractivity contribution in [3.63, 3.8) is 0 Å². The maximum Gasteiger partial charge on any atom is 0.338 e. The molecule has 22 heavy (non-hydrogen) atoms. The fourth-order valence-electron chi connectivity index (χ4n) is 2.73. The first-order chi connectivity index (χ1) is 10.4. The van der Waals surface area contributed by atoms with Crippen molar-refractivity contribution in [1.82, 2.24) is 4.90 Å². The van der Waals surface area contributed by atoms with Gasteiger partial charge in [-0.05, 0) is 50.6 Å². The molecule has 0 aromatic heterocycles. The van der Waals surface area contributed by atoms with Crippen LogP contribution in [-0.2, 0) is 21.1 Å². The number of carbonyl (C=O) groups is 1. The molecule has 0 N–H and O–H groups in total. The van der Waals surface area contributed by atoms with E-state index in [2.05, 4.69) is 4.90 Å². The first kappa shape index (κ1) is 17.0. The summed E-state index contributed by atoms with van der Waals surface area (Å²) in [4.78, 5) is 14.3. The minimum atomic E-state index is -3.39. The lowest BCUT2D eigenvalue weighted by atomic mass is 10.1. The van der Waals surface area contributed by atoms with Crippen LogP contribution < -0.4 is 0 Å². The normalized spacial score (nSPS) is 16.5. The molecule has 0 unspecified atom stereocenters. The molecule has 2 rings (SSSR count). The van der Waals surface area contributed by atoms with Crippen LogP contribution in [0.3, 0.4) is 0 Å². The molecule has 1 aromatic rings. The second kappa shape index (κ2) is 7.24. The van der Waals surface area contributed by atoms with Crippen LogP contribution in [0.1, 0.15) is 42.1 Å². The third-order valence-electron chi connectivity index (χ3n) is 3.82. The standard InChI is InChI=1S/C16H23NO4S/c1-3-21-16(18)13-7-8-14(15(11-13)22(2,19)20)12-17-9-5-4-6-10-17/h7-8,11H,3-6,9-10,12H2,1-2H3. The monoisotopic (exact) mass is 325 g/mol. The molecule has 1 heterocycles. The van der Waals surface area contributed by atoms with Gasteiger partial charge < -0.3 is 4.74 Å². The van der Waals surface area contributed by atoms with Gasteiger partial charge in [0.05, 0.1) is 17.1 Å². The number of hydrogen-bond donors (Lipinski definition) is 0. The molecule has 0 atom stereocenters. The molecule has 0 bridgehead atoms. The molecule has 1 saturated heterocycles. The summed E-state index contributed by atoms with van der Waals surface area (Å²) in [6, 6.07) is 4.82. The highest BCUT2D eigenvalue weighted by Crippen LogP contribution is 2.22. The number of nitrogens with zero attached hydrogens (tertiary/aromatic N) is 1. The zero-order valence-corrected chi connectivity index (χ0v) is 14.0. The van der Waals surface area contributed by atoms with Crippen LogP contribution in [-0.4, -0.2) is 45.2 Å². The highest BCUT2D eigenvalue weighted by atomic mass is 32.2. The van der Waals surface area contributed by atoms with E-state index in [1.54, 1.807) is 19.1 Å². The summed E-state index contributed by atoms with van der Waals surface area (Å²) >= 11 is 0. The van der Waals surface area contributed by atoms with E-state index in [0.717, 1.165) is 31.5 Å². The Morgan fingerprint density at radius 2 is 1.91 bits per heavy atom. The second-order valence-electron chi connectivity index (χ2n) is 5.65. The highest BCUT2D eigenvalue weighted by molar-refractivity contribution is 7.90. The van der Waals surface area contributed by atoms with Gasteiger partial charge in [-0.15, -0.1) is 0 Å². The van der Waals surface area contributed by atoms with Crippen LogP contribution >= 0.6 is 0 Å². The third kappa shape index (κ3) is 4.30. The van der Waals surface area contributed by atoms with E-state index in [9.17, 15) is 13.2 Å². The molecule has 0 radical (unpaired) electrons. The van der Waals surface area contributed by atoms with Gasteiger partial charge in [0.25, 0.3) is 0 Å². The molecule has 0 spiro atoms. The Bertz CT molecular complexity index is 634. The van der Waals surface area contributed by atoms with E-state index >= 15 is 0 Å². The fourth-order valence-corrected chi connectivity index (χ4v) is 3.68. The summed E-state index contributed by atoms with van der Waals surface area (Å²) in [5.74, 6) is -0.489. The third-order valence-corrected chi connectivity index (χ3v) is 5.00. The van der Waals surface area contributed by atoms with Crippen LogP contribution in [0.5, 0.6) is 0 Å². The fraction of sp³-hybridized carbons (Fsp3) is 0.562. The number of ether oxygens (including phenoxy) is 1. The lowest BCUT2D eigenvalue weighted by Crippen LogP contribution is -2.29. The van der Waals surface area contributed by atoms with Crippen LogP contribution in [0.15, 0.2) is 23.1 Å². The van der Waals surface area contributed by atoms with E-state index in [1.807, 2.05) is 0 Å². The second-order valence-corrected chi connectivity index (χ2v) is 7.64. The molecule has 5 nitrogen and oxygen atoms in total. The number of piperidine rings is 1. The largest absolute Gasteiger partial charge is 0.462 e. The van der Waals surface area contributed by atoms with E-state index < -0.39 is 15.8 Å². The van der Waals surface area contributed by atoms with Crippen LogP contribution in [0.4, 0.5) is 0 Å². The Balaban J connectivity index is 2.30. The summed E-state index contributed by atoms with van der Waals surface area (Å²) in [7, 11) is -3.39. The van der Waals surface area contributed by atoms with Gasteiger partial charge in [0.2, 0.25) is 0 Å². The number of rotatable bonds is 5. The van der Waals surface area contributed by atoms with Crippen LogP contribution in [0, 0.1) is 0 Å². The number of likely N-dealkylation sites (tertiary alicyclic amines) is 1. The van der Waals surface area contributed by atoms with E-state index in [0.29, 0.717) is 6.54 Å². The topological polar surface area (TPSA) is 63.7 Å². The number of hydrogen-bond acceptors (Lipinski definition) is 5. The molecular weight excluding hydrogens is 302 g/mol. The first-order valence-corrected chi connectivity index (χ1v) is 9.53. The van der Waals surface area contributed by atoms with Gasteiger partial charge in [-0.1, -0.05) is 12.5 Å². The summed E-state index contributed by atoms with van der Waals surface area (Å²) in [5, 5.41) is 0. The number of benzene rings is 1. The zero-order valence-electron chi connectivity index (χ0n) is 13.2. The van der Waals surface area contributed by atoms with Crippen molar-refractivity contribution in [3.8, 4) is 0 Å². The Morgan fingerprint density at radius 1 is 1.23 bits per heavy atom. The molecule has 0 amide bonds. The molecule has 1 aliphatic heterocycles. The van der Waals surface area contributed by atoms with Crippen molar-refractivity contribution in [2.24, 2.45) is 0 Å². The predicted molar refractivity (Wildman–Crippen MR) is 84.6 cm³/mol. The molecule has 122 valence electrons. The number of sulfone groups is 1.